The van der Waals surface area contributed by atoms with Gasteiger partial charge in [0.2, 0.25) is 0 Å². The van der Waals surface area contributed by atoms with Crippen LogP contribution >= 0.6 is 0 Å². The third-order valence-corrected chi connectivity index (χ3v) is 2.77. The van der Waals surface area contributed by atoms with Crippen LogP contribution in [0.25, 0.3) is 11.1 Å². The summed E-state index contributed by atoms with van der Waals surface area (Å²) in [4.78, 5) is 0. The van der Waals surface area contributed by atoms with Gasteiger partial charge < -0.3 is 4.74 Å². The zero-order valence-corrected chi connectivity index (χ0v) is 10.7. The van der Waals surface area contributed by atoms with E-state index in [1.165, 1.54) is 6.92 Å². The molecule has 0 atom stereocenters. The van der Waals surface area contributed by atoms with E-state index in [0.717, 1.165) is 12.1 Å². The molecule has 0 saturated heterocycles. The van der Waals surface area contributed by atoms with Crippen LogP contribution in [0.2, 0.25) is 0 Å². The molecular formula is C15H12F4O. The summed E-state index contributed by atoms with van der Waals surface area (Å²) in [6.07, 6.45) is -3.99. The van der Waals surface area contributed by atoms with E-state index in [2.05, 4.69) is 4.74 Å². The second kappa shape index (κ2) is 5.63. The largest absolute Gasteiger partial charge is 0.389 e. The molecule has 2 rings (SSSR count). The van der Waals surface area contributed by atoms with E-state index in [4.69, 9.17) is 0 Å². The van der Waals surface area contributed by atoms with Crippen molar-refractivity contribution in [2.45, 2.75) is 13.0 Å². The molecule has 0 radical (unpaired) electrons. The molecule has 0 heterocycles. The van der Waals surface area contributed by atoms with Gasteiger partial charge in [-0.1, -0.05) is 30.3 Å². The van der Waals surface area contributed by atoms with Gasteiger partial charge in [-0.3, -0.25) is 0 Å². The predicted octanol–water partition coefficient (Wildman–Crippen LogP) is 4.72. The fourth-order valence-corrected chi connectivity index (χ4v) is 1.90. The second-order valence-electron chi connectivity index (χ2n) is 4.13. The summed E-state index contributed by atoms with van der Waals surface area (Å²) in [5.41, 5.74) is -0.632. The van der Waals surface area contributed by atoms with E-state index in [-0.39, 0.29) is 12.2 Å². The van der Waals surface area contributed by atoms with E-state index in [0.29, 0.717) is 5.56 Å². The van der Waals surface area contributed by atoms with Gasteiger partial charge in [-0.2, -0.15) is 8.78 Å². The van der Waals surface area contributed by atoms with Crippen molar-refractivity contribution in [1.82, 2.24) is 0 Å². The Morgan fingerprint density at radius 2 is 1.50 bits per heavy atom. The molecule has 2 aromatic rings. The van der Waals surface area contributed by atoms with Crippen LogP contribution in [0.5, 0.6) is 0 Å². The molecule has 1 nitrogen and oxygen atoms in total. The minimum atomic E-state index is -3.99. The molecule has 0 amide bonds. The van der Waals surface area contributed by atoms with Crippen molar-refractivity contribution in [3.05, 3.63) is 59.7 Å². The highest BCUT2D eigenvalue weighted by atomic mass is 19.3. The first-order valence-electron chi connectivity index (χ1n) is 6.02. The van der Waals surface area contributed by atoms with Crippen LogP contribution in [0.3, 0.4) is 0 Å². The number of hydrogen-bond donors (Lipinski definition) is 0. The SMILES string of the molecule is CCOC(F)(F)c1c(F)cc(-c2ccccc2)cc1F. The van der Waals surface area contributed by atoms with Crippen molar-refractivity contribution in [3.63, 3.8) is 0 Å². The van der Waals surface area contributed by atoms with Crippen LogP contribution in [0.1, 0.15) is 12.5 Å². The van der Waals surface area contributed by atoms with Gasteiger partial charge in [0.1, 0.15) is 17.2 Å². The maximum atomic E-state index is 13.8. The van der Waals surface area contributed by atoms with Gasteiger partial charge in [-0.05, 0) is 30.2 Å². The molecule has 0 N–H and O–H groups in total. The minimum absolute atomic E-state index is 0.191. The lowest BCUT2D eigenvalue weighted by Crippen LogP contribution is -2.21. The number of alkyl halides is 2. The molecule has 2 aromatic carbocycles. The summed E-state index contributed by atoms with van der Waals surface area (Å²) in [5, 5.41) is 0. The topological polar surface area (TPSA) is 9.23 Å². The predicted molar refractivity (Wildman–Crippen MR) is 67.3 cm³/mol. The van der Waals surface area contributed by atoms with Crippen molar-refractivity contribution in [2.75, 3.05) is 6.61 Å². The molecule has 0 aliphatic heterocycles. The van der Waals surface area contributed by atoms with Gasteiger partial charge in [0, 0.05) is 0 Å². The van der Waals surface area contributed by atoms with E-state index >= 15 is 0 Å². The number of ether oxygens (including phenoxy) is 1. The molecule has 20 heavy (non-hydrogen) atoms. The van der Waals surface area contributed by atoms with Gasteiger partial charge in [0.15, 0.2) is 0 Å². The number of halogens is 4. The maximum absolute atomic E-state index is 13.8. The summed E-state index contributed by atoms with van der Waals surface area (Å²) in [7, 11) is 0. The molecule has 0 fully saturated rings. The van der Waals surface area contributed by atoms with Crippen LogP contribution in [-0.4, -0.2) is 6.61 Å². The van der Waals surface area contributed by atoms with E-state index in [9.17, 15) is 17.6 Å². The molecule has 0 bridgehead atoms. The highest BCUT2D eigenvalue weighted by Crippen LogP contribution is 2.35. The van der Waals surface area contributed by atoms with Crippen LogP contribution in [0.15, 0.2) is 42.5 Å². The Bertz CT molecular complexity index is 573. The second-order valence-corrected chi connectivity index (χ2v) is 4.13. The molecule has 0 spiro atoms. The Morgan fingerprint density at radius 3 is 2.00 bits per heavy atom. The zero-order valence-electron chi connectivity index (χ0n) is 10.7. The van der Waals surface area contributed by atoms with E-state index in [1.54, 1.807) is 30.3 Å². The van der Waals surface area contributed by atoms with Crippen molar-refractivity contribution in [2.24, 2.45) is 0 Å². The van der Waals surface area contributed by atoms with Gasteiger partial charge in [0.05, 0.1) is 6.61 Å². The molecule has 0 aromatic heterocycles. The first kappa shape index (κ1) is 14.5. The fourth-order valence-electron chi connectivity index (χ4n) is 1.90. The normalized spacial score (nSPS) is 11.7. The van der Waals surface area contributed by atoms with Crippen LogP contribution in [0, 0.1) is 11.6 Å². The van der Waals surface area contributed by atoms with Crippen molar-refractivity contribution in [3.8, 4) is 11.1 Å². The monoisotopic (exact) mass is 284 g/mol. The Labute approximate surface area is 113 Å². The molecule has 0 unspecified atom stereocenters. The van der Waals surface area contributed by atoms with Crippen molar-refractivity contribution >= 4 is 0 Å². The summed E-state index contributed by atoms with van der Waals surface area (Å²) < 4.78 is 58.8. The van der Waals surface area contributed by atoms with Crippen molar-refractivity contribution < 1.29 is 22.3 Å². The van der Waals surface area contributed by atoms with E-state index < -0.39 is 23.3 Å². The first-order chi connectivity index (χ1) is 9.45. The third kappa shape index (κ3) is 2.82. The molecule has 106 valence electrons. The van der Waals surface area contributed by atoms with Crippen LogP contribution < -0.4 is 0 Å². The van der Waals surface area contributed by atoms with Gasteiger partial charge in [0.25, 0.3) is 0 Å². The molecule has 0 aliphatic carbocycles. The summed E-state index contributed by atoms with van der Waals surface area (Å²) >= 11 is 0. The fraction of sp³-hybridized carbons (Fsp3) is 0.200. The Morgan fingerprint density at radius 1 is 0.950 bits per heavy atom. The van der Waals surface area contributed by atoms with Gasteiger partial charge >= 0.3 is 6.11 Å². The molecule has 0 saturated carbocycles. The molecule has 0 aliphatic rings. The molecule has 5 heteroatoms. The number of rotatable bonds is 4. The maximum Gasteiger partial charge on any atom is 0.389 e. The van der Waals surface area contributed by atoms with E-state index in [1.807, 2.05) is 0 Å². The first-order valence-corrected chi connectivity index (χ1v) is 6.02. The summed E-state index contributed by atoms with van der Waals surface area (Å²) in [5.74, 6) is -2.66. The average molecular weight is 284 g/mol. The lowest BCUT2D eigenvalue weighted by atomic mass is 10.0. The summed E-state index contributed by atoms with van der Waals surface area (Å²) in [6.45, 7) is 0.967. The number of benzene rings is 2. The van der Waals surface area contributed by atoms with Crippen molar-refractivity contribution in [1.29, 1.82) is 0 Å². The Hall–Kier alpha value is -1.88. The minimum Gasteiger partial charge on any atom is -0.317 e. The lowest BCUT2D eigenvalue weighted by molar-refractivity contribution is -0.249. The van der Waals surface area contributed by atoms with Crippen LogP contribution in [0.4, 0.5) is 17.6 Å². The lowest BCUT2D eigenvalue weighted by Gasteiger charge is -2.18. The quantitative estimate of drug-likeness (QED) is 0.738. The van der Waals surface area contributed by atoms with Gasteiger partial charge in [-0.25, -0.2) is 8.78 Å². The average Bonchev–Trinajstić information content (AvgIpc) is 2.38. The highest BCUT2D eigenvalue weighted by molar-refractivity contribution is 5.64. The third-order valence-electron chi connectivity index (χ3n) is 2.77. The highest BCUT2D eigenvalue weighted by Gasteiger charge is 2.39. The number of hydrogen-bond acceptors (Lipinski definition) is 1. The summed E-state index contributed by atoms with van der Waals surface area (Å²) in [6, 6.07) is 10.1. The molecular weight excluding hydrogens is 272 g/mol. The smallest absolute Gasteiger partial charge is 0.317 e. The Balaban J connectivity index is 2.50. The van der Waals surface area contributed by atoms with Crippen LogP contribution in [-0.2, 0) is 10.8 Å². The zero-order chi connectivity index (χ0) is 14.8. The van der Waals surface area contributed by atoms with Gasteiger partial charge in [-0.15, -0.1) is 0 Å². The standard InChI is InChI=1S/C15H12F4O/c1-2-20-15(18,19)14-12(16)8-11(9-13(14)17)10-6-4-3-5-7-10/h3-9H,2H2,1H3. The Kier molecular flexibility index (Phi) is 4.09.